The van der Waals surface area contributed by atoms with Crippen LogP contribution in [0.25, 0.3) is 0 Å². The Bertz CT molecular complexity index is 913. The van der Waals surface area contributed by atoms with Gasteiger partial charge >= 0.3 is 5.97 Å². The van der Waals surface area contributed by atoms with Gasteiger partial charge in [0.1, 0.15) is 17.1 Å². The fraction of sp³-hybridized carbons (Fsp3) is 0.364. The zero-order chi connectivity index (χ0) is 21.0. The zero-order valence-corrected chi connectivity index (χ0v) is 17.9. The summed E-state index contributed by atoms with van der Waals surface area (Å²) in [4.78, 5) is 11.9. The van der Waals surface area contributed by atoms with Crippen molar-refractivity contribution in [3.63, 3.8) is 0 Å². The molecule has 0 amide bonds. The largest absolute Gasteiger partial charge is 0.497 e. The van der Waals surface area contributed by atoms with Gasteiger partial charge in [0.05, 0.1) is 25.3 Å². The molecule has 7 heteroatoms. The highest BCUT2D eigenvalue weighted by Gasteiger charge is 2.34. The summed E-state index contributed by atoms with van der Waals surface area (Å²) in [5.41, 5.74) is 1.85. The van der Waals surface area contributed by atoms with Gasteiger partial charge in [-0.1, -0.05) is 6.07 Å². The molecule has 1 aliphatic heterocycles. The molecule has 2 N–H and O–H groups in total. The van der Waals surface area contributed by atoms with E-state index in [1.165, 1.54) is 0 Å². The Morgan fingerprint density at radius 2 is 2.07 bits per heavy atom. The molecule has 2 aromatic carbocycles. The van der Waals surface area contributed by atoms with Crippen molar-refractivity contribution < 1.29 is 19.0 Å². The fourth-order valence-corrected chi connectivity index (χ4v) is 3.61. The average molecular weight is 415 g/mol. The average Bonchev–Trinajstić information content (AvgIpc) is 2.67. The number of thiocarbonyl (C=S) groups is 1. The summed E-state index contributed by atoms with van der Waals surface area (Å²) >= 11 is 5.53. The van der Waals surface area contributed by atoms with Crippen LogP contribution in [0.4, 0.5) is 5.69 Å². The molecule has 154 valence electrons. The Morgan fingerprint density at radius 1 is 1.28 bits per heavy atom. The van der Waals surface area contributed by atoms with Crippen molar-refractivity contribution in [2.24, 2.45) is 0 Å². The number of fused-ring (bicyclic) bond motifs is 1. The predicted octanol–water partition coefficient (Wildman–Crippen LogP) is 4.46. The van der Waals surface area contributed by atoms with Gasteiger partial charge in [-0.25, -0.2) is 4.79 Å². The van der Waals surface area contributed by atoms with E-state index in [1.54, 1.807) is 32.2 Å². The van der Waals surface area contributed by atoms with Gasteiger partial charge in [0, 0.05) is 17.7 Å². The summed E-state index contributed by atoms with van der Waals surface area (Å²) in [5.74, 6) is 1.22. The number of rotatable bonds is 5. The number of carbonyl (C=O) groups excluding carboxylic acids is 1. The third kappa shape index (κ3) is 5.17. The van der Waals surface area contributed by atoms with Gasteiger partial charge in [-0.3, -0.25) is 0 Å². The molecule has 0 fully saturated rings. The minimum atomic E-state index is -0.359. The molecule has 0 spiro atoms. The van der Waals surface area contributed by atoms with Crippen LogP contribution < -0.4 is 20.1 Å². The second-order valence-electron chi connectivity index (χ2n) is 7.42. The highest BCUT2D eigenvalue weighted by atomic mass is 32.1. The van der Waals surface area contributed by atoms with Crippen molar-refractivity contribution in [1.82, 2.24) is 5.32 Å². The maximum absolute atomic E-state index is 11.9. The molecule has 0 unspecified atom stereocenters. The second-order valence-corrected chi connectivity index (χ2v) is 7.83. The van der Waals surface area contributed by atoms with E-state index in [0.717, 1.165) is 23.5 Å². The number of hydrogen-bond donors (Lipinski definition) is 2. The summed E-state index contributed by atoms with van der Waals surface area (Å²) in [5, 5.41) is 6.99. The van der Waals surface area contributed by atoms with E-state index in [2.05, 4.69) is 10.6 Å². The Morgan fingerprint density at radius 3 is 2.79 bits per heavy atom. The van der Waals surface area contributed by atoms with Crippen LogP contribution in [0.3, 0.4) is 0 Å². The van der Waals surface area contributed by atoms with Gasteiger partial charge in [0.25, 0.3) is 0 Å². The Kier molecular flexibility index (Phi) is 6.27. The number of esters is 1. The number of methoxy groups -OCH3 is 1. The first-order valence-electron chi connectivity index (χ1n) is 9.53. The third-order valence-electron chi connectivity index (χ3n) is 4.61. The lowest BCUT2D eigenvalue weighted by molar-refractivity contribution is 0.0526. The van der Waals surface area contributed by atoms with Gasteiger partial charge in [0.2, 0.25) is 0 Å². The van der Waals surface area contributed by atoms with E-state index in [-0.39, 0.29) is 17.6 Å². The number of hydrogen-bond acceptors (Lipinski definition) is 5. The smallest absolute Gasteiger partial charge is 0.338 e. The molecule has 0 radical (unpaired) electrons. The molecule has 0 aliphatic carbocycles. The van der Waals surface area contributed by atoms with Crippen molar-refractivity contribution in [1.29, 1.82) is 0 Å². The molecule has 2 aromatic rings. The molecule has 3 rings (SSSR count). The minimum Gasteiger partial charge on any atom is -0.497 e. The van der Waals surface area contributed by atoms with Crippen molar-refractivity contribution in [2.45, 2.75) is 38.8 Å². The molecule has 1 atom stereocenters. The number of benzene rings is 2. The van der Waals surface area contributed by atoms with Crippen LogP contribution in [0, 0.1) is 0 Å². The summed E-state index contributed by atoms with van der Waals surface area (Å²) in [6.45, 7) is 6.21. The fourth-order valence-electron chi connectivity index (χ4n) is 3.35. The maximum atomic E-state index is 11.9. The SMILES string of the molecule is CCOC(=O)c1cccc(NC(=S)N[C@@H]2CC(C)(C)Oc3ccc(OC)cc32)c1. The molecule has 0 saturated heterocycles. The molecular weight excluding hydrogens is 388 g/mol. The standard InChI is InChI=1S/C22H26N2O4S/c1-5-27-20(25)14-7-6-8-15(11-14)23-21(29)24-18-13-22(2,3)28-19-10-9-16(26-4)12-17(18)19/h6-12,18H,5,13H2,1-4H3,(H2,23,24,29)/t18-/m1/s1. The lowest BCUT2D eigenvalue weighted by Crippen LogP contribution is -2.42. The van der Waals surface area contributed by atoms with E-state index < -0.39 is 0 Å². The van der Waals surface area contributed by atoms with Crippen LogP contribution in [0.5, 0.6) is 11.5 Å². The molecule has 0 bridgehead atoms. The second kappa shape index (κ2) is 8.69. The zero-order valence-electron chi connectivity index (χ0n) is 17.1. The third-order valence-corrected chi connectivity index (χ3v) is 4.83. The molecule has 29 heavy (non-hydrogen) atoms. The first kappa shape index (κ1) is 20.9. The van der Waals surface area contributed by atoms with Crippen LogP contribution in [0.1, 0.15) is 49.2 Å². The van der Waals surface area contributed by atoms with E-state index in [0.29, 0.717) is 23.0 Å². The highest BCUT2D eigenvalue weighted by Crippen LogP contribution is 2.41. The number of nitrogens with one attached hydrogen (secondary N) is 2. The van der Waals surface area contributed by atoms with Crippen LogP contribution in [0.15, 0.2) is 42.5 Å². The summed E-state index contributed by atoms with van der Waals surface area (Å²) in [6.07, 6.45) is 0.734. The first-order valence-corrected chi connectivity index (χ1v) is 9.94. The molecule has 0 saturated carbocycles. The highest BCUT2D eigenvalue weighted by molar-refractivity contribution is 7.80. The van der Waals surface area contributed by atoms with Crippen LogP contribution >= 0.6 is 12.2 Å². The summed E-state index contributed by atoms with van der Waals surface area (Å²) in [6, 6.07) is 12.8. The van der Waals surface area contributed by atoms with Gasteiger partial charge in [0.15, 0.2) is 5.11 Å². The lowest BCUT2D eigenvalue weighted by Gasteiger charge is -2.38. The number of carbonyl (C=O) groups is 1. The van der Waals surface area contributed by atoms with Crippen LogP contribution in [0.2, 0.25) is 0 Å². The summed E-state index contributed by atoms with van der Waals surface area (Å²) in [7, 11) is 1.64. The van der Waals surface area contributed by atoms with Crippen LogP contribution in [-0.4, -0.2) is 30.4 Å². The molecule has 1 aliphatic rings. The van der Waals surface area contributed by atoms with Gasteiger partial charge < -0.3 is 24.8 Å². The topological polar surface area (TPSA) is 68.8 Å². The molecule has 1 heterocycles. The Labute approximate surface area is 176 Å². The number of anilines is 1. The molecule has 6 nitrogen and oxygen atoms in total. The quantitative estimate of drug-likeness (QED) is 0.553. The predicted molar refractivity (Wildman–Crippen MR) is 117 cm³/mol. The van der Waals surface area contributed by atoms with Gasteiger partial charge in [-0.15, -0.1) is 0 Å². The van der Waals surface area contributed by atoms with E-state index in [4.69, 9.17) is 26.4 Å². The van der Waals surface area contributed by atoms with E-state index >= 15 is 0 Å². The maximum Gasteiger partial charge on any atom is 0.338 e. The van der Waals surface area contributed by atoms with E-state index in [1.807, 2.05) is 38.1 Å². The van der Waals surface area contributed by atoms with Crippen molar-refractivity contribution in [3.05, 3.63) is 53.6 Å². The van der Waals surface area contributed by atoms with Crippen molar-refractivity contribution in [2.75, 3.05) is 19.0 Å². The normalized spacial score (nSPS) is 16.8. The molecule has 0 aromatic heterocycles. The van der Waals surface area contributed by atoms with Gasteiger partial charge in [-0.2, -0.15) is 0 Å². The lowest BCUT2D eigenvalue weighted by atomic mass is 9.89. The van der Waals surface area contributed by atoms with Gasteiger partial charge in [-0.05, 0) is 69.4 Å². The van der Waals surface area contributed by atoms with Crippen molar-refractivity contribution in [3.8, 4) is 11.5 Å². The van der Waals surface area contributed by atoms with Crippen LogP contribution in [-0.2, 0) is 4.74 Å². The Hall–Kier alpha value is -2.80. The van der Waals surface area contributed by atoms with E-state index in [9.17, 15) is 4.79 Å². The minimum absolute atomic E-state index is 0.0444. The number of ether oxygens (including phenoxy) is 3. The molecular formula is C22H26N2O4S. The Balaban J connectivity index is 1.75. The first-order chi connectivity index (χ1) is 13.8. The summed E-state index contributed by atoms with van der Waals surface area (Å²) < 4.78 is 16.5. The monoisotopic (exact) mass is 414 g/mol. The van der Waals surface area contributed by atoms with Crippen molar-refractivity contribution >= 4 is 29.0 Å².